The summed E-state index contributed by atoms with van der Waals surface area (Å²) >= 11 is 6.15. The van der Waals surface area contributed by atoms with Crippen molar-refractivity contribution in [3.8, 4) is 11.5 Å². The molecule has 3 aromatic rings. The van der Waals surface area contributed by atoms with Gasteiger partial charge in [0.25, 0.3) is 0 Å². The van der Waals surface area contributed by atoms with Gasteiger partial charge in [0.2, 0.25) is 0 Å². The molecule has 3 aromatic carbocycles. The highest BCUT2D eigenvalue weighted by molar-refractivity contribution is 6.30. The molecule has 0 radical (unpaired) electrons. The molecule has 200 valence electrons. The van der Waals surface area contributed by atoms with Crippen LogP contribution in [0.4, 0.5) is 4.79 Å². The van der Waals surface area contributed by atoms with Crippen molar-refractivity contribution in [2.45, 2.75) is 39.5 Å². The Bertz CT molecular complexity index is 1200. The Balaban J connectivity index is 1.54. The number of amides is 1. The molecular weight excluding hydrogens is 496 g/mol. The minimum Gasteiger partial charge on any atom is -0.492 e. The lowest BCUT2D eigenvalue weighted by atomic mass is 9.90. The molecule has 0 bridgehead atoms. The fraction of sp³-hybridized carbons (Fsp3) is 0.344. The Morgan fingerprint density at radius 2 is 1.37 bits per heavy atom. The number of halogens is 1. The van der Waals surface area contributed by atoms with E-state index in [0.717, 1.165) is 40.1 Å². The van der Waals surface area contributed by atoms with Gasteiger partial charge in [0.1, 0.15) is 18.1 Å². The van der Waals surface area contributed by atoms with Crippen LogP contribution >= 0.6 is 11.6 Å². The number of carbonyl (C=O) groups is 1. The van der Waals surface area contributed by atoms with Gasteiger partial charge in [0, 0.05) is 18.1 Å². The average Bonchev–Trinajstić information content (AvgIpc) is 3.20. The third-order valence-corrected chi connectivity index (χ3v) is 7.10. The zero-order valence-corrected chi connectivity index (χ0v) is 23.1. The van der Waals surface area contributed by atoms with Gasteiger partial charge in [-0.2, -0.15) is 0 Å². The van der Waals surface area contributed by atoms with E-state index >= 15 is 0 Å². The monoisotopic (exact) mass is 532 g/mol. The summed E-state index contributed by atoms with van der Waals surface area (Å²) in [5, 5.41) is 3.35. The van der Waals surface area contributed by atoms with Crippen molar-refractivity contribution in [2.24, 2.45) is 0 Å². The minimum atomic E-state index is -0.459. The van der Waals surface area contributed by atoms with E-state index in [4.69, 9.17) is 21.1 Å². The molecule has 0 saturated carbocycles. The molecule has 1 heterocycles. The van der Waals surface area contributed by atoms with Gasteiger partial charge in [-0.3, -0.25) is 4.90 Å². The molecule has 1 fully saturated rings. The van der Waals surface area contributed by atoms with Crippen LogP contribution in [-0.2, 0) is 0 Å². The molecule has 1 saturated heterocycles. The molecule has 38 heavy (non-hydrogen) atoms. The Morgan fingerprint density at radius 3 is 1.95 bits per heavy atom. The van der Waals surface area contributed by atoms with Crippen LogP contribution in [0.2, 0.25) is 5.02 Å². The number of ether oxygens (including phenoxy) is 2. The van der Waals surface area contributed by atoms with Crippen LogP contribution in [0.1, 0.15) is 56.2 Å². The van der Waals surface area contributed by atoms with E-state index in [-0.39, 0.29) is 0 Å². The molecule has 0 spiro atoms. The second kappa shape index (κ2) is 14.0. The van der Waals surface area contributed by atoms with E-state index in [1.807, 2.05) is 67.6 Å². The zero-order valence-electron chi connectivity index (χ0n) is 22.3. The highest BCUT2D eigenvalue weighted by Crippen LogP contribution is 2.34. The molecule has 0 unspecified atom stereocenters. The number of allylic oxidation sites excluding steroid dienone is 1. The number of rotatable bonds is 9. The van der Waals surface area contributed by atoms with Crippen LogP contribution in [0, 0.1) is 0 Å². The molecule has 6 heteroatoms. The Labute approximate surface area is 231 Å². The number of carbonyl (C=O) groups excluding carboxylic acids is 1. The van der Waals surface area contributed by atoms with E-state index in [0.29, 0.717) is 23.9 Å². The SMILES string of the molecule is CCNC(=O)Oc1ccc(/C(=C(/C)c2ccc(Cl)cc2)c2ccc(OCCN3CCCCCC3)cc2)cc1. The summed E-state index contributed by atoms with van der Waals surface area (Å²) in [4.78, 5) is 14.3. The minimum absolute atomic E-state index is 0.459. The summed E-state index contributed by atoms with van der Waals surface area (Å²) in [6.07, 6.45) is 4.80. The van der Waals surface area contributed by atoms with Crippen LogP contribution in [0.25, 0.3) is 11.1 Å². The molecule has 0 atom stereocenters. The number of likely N-dealkylation sites (tertiary alicyclic amines) is 1. The van der Waals surface area contributed by atoms with Gasteiger partial charge in [0.05, 0.1) is 0 Å². The maximum atomic E-state index is 11.8. The second-order valence-corrected chi connectivity index (χ2v) is 10.0. The zero-order chi connectivity index (χ0) is 26.7. The lowest BCUT2D eigenvalue weighted by Crippen LogP contribution is -2.29. The van der Waals surface area contributed by atoms with Crippen LogP contribution in [0.5, 0.6) is 11.5 Å². The lowest BCUT2D eigenvalue weighted by Gasteiger charge is -2.20. The topological polar surface area (TPSA) is 50.8 Å². The molecule has 1 amide bonds. The summed E-state index contributed by atoms with van der Waals surface area (Å²) in [5.41, 5.74) is 5.40. The maximum absolute atomic E-state index is 11.8. The van der Waals surface area contributed by atoms with Gasteiger partial charge < -0.3 is 14.8 Å². The first-order valence-electron chi connectivity index (χ1n) is 13.5. The van der Waals surface area contributed by atoms with Gasteiger partial charge in [-0.1, -0.05) is 60.8 Å². The lowest BCUT2D eigenvalue weighted by molar-refractivity contribution is 0.201. The normalized spacial score (nSPS) is 14.8. The first-order valence-corrected chi connectivity index (χ1v) is 13.9. The summed E-state index contributed by atoms with van der Waals surface area (Å²) in [5.74, 6) is 1.37. The first-order chi connectivity index (χ1) is 18.5. The van der Waals surface area contributed by atoms with Crippen molar-refractivity contribution in [3.05, 3.63) is 94.5 Å². The van der Waals surface area contributed by atoms with Crippen molar-refractivity contribution in [2.75, 3.05) is 32.8 Å². The summed E-state index contributed by atoms with van der Waals surface area (Å²) < 4.78 is 11.5. The van der Waals surface area contributed by atoms with E-state index in [9.17, 15) is 4.79 Å². The quantitative estimate of drug-likeness (QED) is 0.287. The third-order valence-electron chi connectivity index (χ3n) is 6.84. The van der Waals surface area contributed by atoms with Crippen LogP contribution in [-0.4, -0.2) is 43.8 Å². The number of hydrogen-bond donors (Lipinski definition) is 1. The predicted octanol–water partition coefficient (Wildman–Crippen LogP) is 7.68. The largest absolute Gasteiger partial charge is 0.492 e. The molecule has 4 rings (SSSR count). The predicted molar refractivity (Wildman–Crippen MR) is 156 cm³/mol. The number of hydrogen-bond acceptors (Lipinski definition) is 4. The van der Waals surface area contributed by atoms with Gasteiger partial charge in [0.15, 0.2) is 0 Å². The van der Waals surface area contributed by atoms with Crippen molar-refractivity contribution >= 4 is 28.8 Å². The molecule has 0 aromatic heterocycles. The van der Waals surface area contributed by atoms with Crippen LogP contribution < -0.4 is 14.8 Å². The van der Waals surface area contributed by atoms with Crippen molar-refractivity contribution in [1.82, 2.24) is 10.2 Å². The van der Waals surface area contributed by atoms with E-state index in [2.05, 4.69) is 29.3 Å². The summed E-state index contributed by atoms with van der Waals surface area (Å²) in [6, 6.07) is 23.8. The van der Waals surface area contributed by atoms with E-state index in [1.165, 1.54) is 38.8 Å². The van der Waals surface area contributed by atoms with Crippen molar-refractivity contribution < 1.29 is 14.3 Å². The number of benzene rings is 3. The van der Waals surface area contributed by atoms with Gasteiger partial charge in [-0.05, 0) is 104 Å². The average molecular weight is 533 g/mol. The molecular formula is C32H37ClN2O3. The van der Waals surface area contributed by atoms with E-state index in [1.54, 1.807) is 0 Å². The van der Waals surface area contributed by atoms with Crippen LogP contribution in [0.3, 0.4) is 0 Å². The molecule has 5 nitrogen and oxygen atoms in total. The van der Waals surface area contributed by atoms with Gasteiger partial charge in [-0.25, -0.2) is 4.79 Å². The Kier molecular flexibility index (Phi) is 10.2. The highest BCUT2D eigenvalue weighted by atomic mass is 35.5. The smallest absolute Gasteiger partial charge is 0.412 e. The Hall–Kier alpha value is -3.28. The molecule has 1 aliphatic heterocycles. The first kappa shape index (κ1) is 27.7. The fourth-order valence-electron chi connectivity index (χ4n) is 4.79. The van der Waals surface area contributed by atoms with Gasteiger partial charge >= 0.3 is 6.09 Å². The molecule has 0 aliphatic carbocycles. The third kappa shape index (κ3) is 7.86. The van der Waals surface area contributed by atoms with Crippen molar-refractivity contribution in [3.63, 3.8) is 0 Å². The summed E-state index contributed by atoms with van der Waals surface area (Å²) in [7, 11) is 0. The molecule has 1 N–H and O–H groups in total. The maximum Gasteiger partial charge on any atom is 0.412 e. The molecule has 1 aliphatic rings. The fourth-order valence-corrected chi connectivity index (χ4v) is 4.92. The standard InChI is InChI=1S/C32H37ClN2O3/c1-3-34-32(36)38-30-18-12-27(13-19-30)31(24(2)25-8-14-28(33)15-9-25)26-10-16-29(17-11-26)37-23-22-35-20-6-4-5-7-21-35/h8-19H,3-7,20-23H2,1-2H3,(H,34,36)/b31-24-. The Morgan fingerprint density at radius 1 is 0.816 bits per heavy atom. The second-order valence-electron chi connectivity index (χ2n) is 9.58. The number of nitrogens with zero attached hydrogens (tertiary/aromatic N) is 1. The van der Waals surface area contributed by atoms with Gasteiger partial charge in [-0.15, -0.1) is 0 Å². The summed E-state index contributed by atoms with van der Waals surface area (Å²) in [6.45, 7) is 8.49. The van der Waals surface area contributed by atoms with Crippen LogP contribution in [0.15, 0.2) is 72.8 Å². The highest BCUT2D eigenvalue weighted by Gasteiger charge is 2.13. The van der Waals surface area contributed by atoms with E-state index < -0.39 is 6.09 Å². The van der Waals surface area contributed by atoms with Crippen molar-refractivity contribution in [1.29, 1.82) is 0 Å². The number of nitrogens with one attached hydrogen (secondary N) is 1.